The van der Waals surface area contributed by atoms with E-state index in [-0.39, 0.29) is 24.5 Å². The smallest absolute Gasteiger partial charge is 0.303 e. The topological polar surface area (TPSA) is 79.2 Å². The number of aliphatic hydroxyl groups excluding tert-OH is 1. The van der Waals surface area contributed by atoms with E-state index in [2.05, 4.69) is 29.2 Å². The average Bonchev–Trinajstić information content (AvgIpc) is 3.09. The summed E-state index contributed by atoms with van der Waals surface area (Å²) in [6.07, 6.45) is 10.9. The highest BCUT2D eigenvalue weighted by atomic mass is 16.5. The van der Waals surface area contributed by atoms with Gasteiger partial charge in [-0.25, -0.2) is 0 Å². The van der Waals surface area contributed by atoms with E-state index in [0.717, 1.165) is 31.5 Å². The second kappa shape index (κ2) is 12.8. The number of carboxylic acids is 1. The van der Waals surface area contributed by atoms with E-state index < -0.39 is 12.1 Å². The van der Waals surface area contributed by atoms with Crippen LogP contribution in [0.1, 0.15) is 37.7 Å². The summed E-state index contributed by atoms with van der Waals surface area (Å²) in [5.41, 5.74) is 1.15. The fourth-order valence-corrected chi connectivity index (χ4v) is 4.65. The lowest BCUT2D eigenvalue weighted by molar-refractivity contribution is -0.136. The average molecular weight is 430 g/mol. The normalized spacial score (nSPS) is 27.4. The minimum atomic E-state index is -0.770. The molecule has 1 aliphatic heterocycles. The third kappa shape index (κ3) is 7.58. The van der Waals surface area contributed by atoms with Crippen LogP contribution in [0.25, 0.3) is 6.08 Å². The molecular formula is C25H35NO5. The van der Waals surface area contributed by atoms with E-state index in [1.807, 2.05) is 30.4 Å². The van der Waals surface area contributed by atoms with Crippen molar-refractivity contribution in [1.29, 1.82) is 0 Å². The number of nitrogens with zero attached hydrogens (tertiary/aromatic N) is 1. The molecule has 0 aromatic heterocycles. The van der Waals surface area contributed by atoms with Gasteiger partial charge in [0.25, 0.3) is 0 Å². The molecule has 0 spiro atoms. The van der Waals surface area contributed by atoms with Crippen molar-refractivity contribution in [3.05, 3.63) is 54.1 Å². The zero-order chi connectivity index (χ0) is 21.9. The zero-order valence-electron chi connectivity index (χ0n) is 18.1. The van der Waals surface area contributed by atoms with Gasteiger partial charge in [-0.2, -0.15) is 0 Å². The molecule has 2 fully saturated rings. The van der Waals surface area contributed by atoms with E-state index in [4.69, 9.17) is 14.6 Å². The summed E-state index contributed by atoms with van der Waals surface area (Å²) in [7, 11) is 0. The summed E-state index contributed by atoms with van der Waals surface area (Å²) in [6.45, 7) is 3.61. The number of hydrogen-bond acceptors (Lipinski definition) is 5. The maximum Gasteiger partial charge on any atom is 0.303 e. The first-order valence-corrected chi connectivity index (χ1v) is 11.3. The molecule has 1 aromatic rings. The molecule has 1 aliphatic carbocycles. The summed E-state index contributed by atoms with van der Waals surface area (Å²) in [6, 6.07) is 10.2. The van der Waals surface area contributed by atoms with Gasteiger partial charge in [-0.1, -0.05) is 54.6 Å². The fraction of sp³-hybridized carbons (Fsp3) is 0.560. The number of carboxylic acid groups (broad SMARTS) is 1. The van der Waals surface area contributed by atoms with Crippen molar-refractivity contribution in [2.24, 2.45) is 5.92 Å². The van der Waals surface area contributed by atoms with Crippen molar-refractivity contribution in [2.45, 2.75) is 50.4 Å². The number of aliphatic hydroxyl groups is 1. The third-order valence-electron chi connectivity index (χ3n) is 6.13. The third-order valence-corrected chi connectivity index (χ3v) is 6.13. The van der Waals surface area contributed by atoms with Crippen LogP contribution in [0.2, 0.25) is 0 Å². The molecular weight excluding hydrogens is 394 g/mol. The fourth-order valence-electron chi connectivity index (χ4n) is 4.65. The predicted molar refractivity (Wildman–Crippen MR) is 121 cm³/mol. The molecule has 0 unspecified atom stereocenters. The highest BCUT2D eigenvalue weighted by Crippen LogP contribution is 2.36. The van der Waals surface area contributed by atoms with Crippen molar-refractivity contribution in [3.8, 4) is 0 Å². The molecule has 0 radical (unpaired) electrons. The van der Waals surface area contributed by atoms with Crippen molar-refractivity contribution in [3.63, 3.8) is 0 Å². The van der Waals surface area contributed by atoms with Crippen molar-refractivity contribution in [2.75, 3.05) is 32.9 Å². The Labute approximate surface area is 185 Å². The standard InChI is InChI=1S/C25H35NO5/c27-22-19-23(31-16-8-11-20-9-4-3-5-10-20)21(12-6-1-2-7-13-24(28)29)25(22)26-14-17-30-18-15-26/h1-5,8-11,21-23,25,27H,6-7,12-19H2,(H,28,29)/b2-1-,11-8+/t21-,22+,23-,25+/m0/s1. The molecule has 0 bridgehead atoms. The lowest BCUT2D eigenvalue weighted by atomic mass is 9.93. The number of ether oxygens (including phenoxy) is 2. The van der Waals surface area contributed by atoms with Gasteiger partial charge in [0, 0.05) is 37.9 Å². The maximum absolute atomic E-state index is 10.9. The van der Waals surface area contributed by atoms with Crippen LogP contribution in [0.3, 0.4) is 0 Å². The summed E-state index contributed by atoms with van der Waals surface area (Å²) in [5.74, 6) is -0.532. The Kier molecular flexibility index (Phi) is 9.75. The number of carbonyl (C=O) groups is 1. The number of hydrogen-bond donors (Lipinski definition) is 2. The molecule has 170 valence electrons. The van der Waals surface area contributed by atoms with Crippen LogP contribution in [0.15, 0.2) is 48.6 Å². The number of aliphatic carboxylic acids is 1. The van der Waals surface area contributed by atoms with Gasteiger partial charge in [0.05, 0.1) is 32.0 Å². The number of morpholine rings is 1. The van der Waals surface area contributed by atoms with Crippen LogP contribution in [0.5, 0.6) is 0 Å². The van der Waals surface area contributed by atoms with E-state index in [9.17, 15) is 9.90 Å². The Morgan fingerprint density at radius 3 is 2.61 bits per heavy atom. The van der Waals surface area contributed by atoms with E-state index in [0.29, 0.717) is 32.7 Å². The minimum absolute atomic E-state index is 0.00990. The van der Waals surface area contributed by atoms with Crippen LogP contribution in [0, 0.1) is 5.92 Å². The van der Waals surface area contributed by atoms with Crippen molar-refractivity contribution < 1.29 is 24.5 Å². The van der Waals surface area contributed by atoms with Crippen LogP contribution in [0.4, 0.5) is 0 Å². The molecule has 1 heterocycles. The Hall–Kier alpha value is -1.99. The molecule has 6 heteroatoms. The zero-order valence-corrected chi connectivity index (χ0v) is 18.1. The minimum Gasteiger partial charge on any atom is -0.481 e. The number of allylic oxidation sites excluding steroid dienone is 2. The maximum atomic E-state index is 10.9. The second-order valence-electron chi connectivity index (χ2n) is 8.27. The van der Waals surface area contributed by atoms with Crippen molar-refractivity contribution in [1.82, 2.24) is 4.90 Å². The molecule has 6 nitrogen and oxygen atoms in total. The monoisotopic (exact) mass is 429 g/mol. The summed E-state index contributed by atoms with van der Waals surface area (Å²) in [5, 5.41) is 19.6. The first kappa shape index (κ1) is 23.7. The predicted octanol–water partition coefficient (Wildman–Crippen LogP) is 3.37. The molecule has 1 saturated heterocycles. The Morgan fingerprint density at radius 1 is 1.13 bits per heavy atom. The SMILES string of the molecule is O=C(O)CC/C=C\CC[C@@H]1[C@@H](N2CCOCC2)[C@H](O)C[C@@H]1OC/C=C/c1ccccc1. The molecule has 1 aromatic carbocycles. The van der Waals surface area contributed by atoms with Gasteiger partial charge < -0.3 is 19.7 Å². The van der Waals surface area contributed by atoms with Gasteiger partial charge >= 0.3 is 5.97 Å². The van der Waals surface area contributed by atoms with Gasteiger partial charge in [0.2, 0.25) is 0 Å². The highest BCUT2D eigenvalue weighted by Gasteiger charge is 2.45. The highest BCUT2D eigenvalue weighted by molar-refractivity contribution is 5.66. The summed E-state index contributed by atoms with van der Waals surface area (Å²) >= 11 is 0. The van der Waals surface area contributed by atoms with E-state index in [1.54, 1.807) is 0 Å². The Balaban J connectivity index is 1.57. The molecule has 4 atom stereocenters. The van der Waals surface area contributed by atoms with Gasteiger partial charge in [0.15, 0.2) is 0 Å². The van der Waals surface area contributed by atoms with Crippen molar-refractivity contribution >= 4 is 12.0 Å². The molecule has 31 heavy (non-hydrogen) atoms. The van der Waals surface area contributed by atoms with Crippen LogP contribution < -0.4 is 0 Å². The molecule has 2 N–H and O–H groups in total. The molecule has 0 amide bonds. The van der Waals surface area contributed by atoms with Gasteiger partial charge in [-0.15, -0.1) is 0 Å². The van der Waals surface area contributed by atoms with Crippen LogP contribution >= 0.6 is 0 Å². The Bertz CT molecular complexity index is 714. The van der Waals surface area contributed by atoms with Gasteiger partial charge in [0.1, 0.15) is 0 Å². The Morgan fingerprint density at radius 2 is 1.87 bits per heavy atom. The van der Waals surface area contributed by atoms with Crippen LogP contribution in [-0.2, 0) is 14.3 Å². The lowest BCUT2D eigenvalue weighted by Gasteiger charge is -2.37. The van der Waals surface area contributed by atoms with Gasteiger partial charge in [-0.3, -0.25) is 9.69 Å². The number of rotatable bonds is 11. The second-order valence-corrected chi connectivity index (χ2v) is 8.27. The van der Waals surface area contributed by atoms with E-state index in [1.165, 1.54) is 0 Å². The summed E-state index contributed by atoms with van der Waals surface area (Å²) in [4.78, 5) is 13.0. The van der Waals surface area contributed by atoms with Gasteiger partial charge in [-0.05, 0) is 24.8 Å². The van der Waals surface area contributed by atoms with Crippen LogP contribution in [-0.4, -0.2) is 72.2 Å². The summed E-state index contributed by atoms with van der Waals surface area (Å²) < 4.78 is 11.7. The first-order valence-electron chi connectivity index (χ1n) is 11.3. The first-order chi connectivity index (χ1) is 15.1. The molecule has 3 rings (SSSR count). The molecule has 2 aliphatic rings. The molecule has 1 saturated carbocycles. The lowest BCUT2D eigenvalue weighted by Crippen LogP contribution is -2.50. The van der Waals surface area contributed by atoms with E-state index >= 15 is 0 Å². The quantitative estimate of drug-likeness (QED) is 0.525. The largest absolute Gasteiger partial charge is 0.481 e. The number of benzene rings is 1.